The molecule has 0 saturated carbocycles. The molecule has 7 heteroatoms. The maximum atomic E-state index is 12.4. The van der Waals surface area contributed by atoms with Gasteiger partial charge in [0.1, 0.15) is 0 Å². The molecule has 0 saturated heterocycles. The van der Waals surface area contributed by atoms with Gasteiger partial charge in [-0.15, -0.1) is 0 Å². The van der Waals surface area contributed by atoms with Gasteiger partial charge in [0, 0.05) is 30.6 Å². The van der Waals surface area contributed by atoms with E-state index in [1.165, 1.54) is 4.90 Å². The van der Waals surface area contributed by atoms with E-state index in [0.717, 1.165) is 15.6 Å². The normalized spacial score (nSPS) is 13.0. The number of rotatable bonds is 9. The Balaban J connectivity index is 1.48. The second-order valence-electron chi connectivity index (χ2n) is 6.74. The molecule has 29 heavy (non-hydrogen) atoms. The topological polar surface area (TPSA) is 75.7 Å². The molecule has 152 valence electrons. The Hall–Kier alpha value is -2.51. The molecule has 0 aliphatic carbocycles. The molecule has 2 aromatic carbocycles. The first-order valence-corrected chi connectivity index (χ1v) is 10.4. The van der Waals surface area contributed by atoms with Gasteiger partial charge < -0.3 is 10.1 Å². The number of carbonyl (C=O) groups is 3. The lowest BCUT2D eigenvalue weighted by atomic mass is 10.1. The lowest BCUT2D eigenvalue weighted by molar-refractivity contribution is -0.121. The number of fused-ring (bicyclic) bond motifs is 1. The number of nitrogens with zero attached hydrogens (tertiary/aromatic N) is 1. The summed E-state index contributed by atoms with van der Waals surface area (Å²) in [5, 5.41) is 2.90. The quantitative estimate of drug-likeness (QED) is 0.581. The van der Waals surface area contributed by atoms with Gasteiger partial charge in [0.05, 0.1) is 17.7 Å². The average molecular weight is 459 g/mol. The van der Waals surface area contributed by atoms with Crippen molar-refractivity contribution >= 4 is 33.7 Å². The highest BCUT2D eigenvalue weighted by molar-refractivity contribution is 9.10. The summed E-state index contributed by atoms with van der Waals surface area (Å²) in [5.74, 6) is -0.727. The van der Waals surface area contributed by atoms with Crippen LogP contribution in [0.5, 0.6) is 0 Å². The molecule has 1 aliphatic heterocycles. The fourth-order valence-corrected chi connectivity index (χ4v) is 3.59. The smallest absolute Gasteiger partial charge is 0.261 e. The summed E-state index contributed by atoms with van der Waals surface area (Å²) in [6.07, 6.45) is 0.657. The van der Waals surface area contributed by atoms with E-state index >= 15 is 0 Å². The third-order valence-corrected chi connectivity index (χ3v) is 5.27. The lowest BCUT2D eigenvalue weighted by Crippen LogP contribution is -2.32. The van der Waals surface area contributed by atoms with Gasteiger partial charge in [-0.3, -0.25) is 19.3 Å². The van der Waals surface area contributed by atoms with E-state index in [9.17, 15) is 14.4 Å². The highest BCUT2D eigenvalue weighted by Gasteiger charge is 2.35. The number of ether oxygens (including phenoxy) is 1. The van der Waals surface area contributed by atoms with Crippen LogP contribution >= 0.6 is 15.9 Å². The number of nitrogens with one attached hydrogen (secondary N) is 1. The van der Waals surface area contributed by atoms with Gasteiger partial charge in [-0.25, -0.2) is 0 Å². The zero-order valence-electron chi connectivity index (χ0n) is 16.2. The van der Waals surface area contributed by atoms with Crippen LogP contribution in [-0.2, 0) is 22.7 Å². The highest BCUT2D eigenvalue weighted by Crippen LogP contribution is 2.26. The summed E-state index contributed by atoms with van der Waals surface area (Å²) in [6.45, 7) is 3.73. The van der Waals surface area contributed by atoms with Crippen LogP contribution in [0.25, 0.3) is 0 Å². The Kier molecular flexibility index (Phi) is 7.17. The largest absolute Gasteiger partial charge is 0.377 e. The van der Waals surface area contributed by atoms with Gasteiger partial charge in [0.25, 0.3) is 11.8 Å². The van der Waals surface area contributed by atoms with E-state index in [1.54, 1.807) is 18.2 Å². The van der Waals surface area contributed by atoms with E-state index in [1.807, 2.05) is 31.2 Å². The molecule has 0 bridgehead atoms. The Morgan fingerprint density at radius 2 is 1.79 bits per heavy atom. The summed E-state index contributed by atoms with van der Waals surface area (Å²) >= 11 is 3.32. The number of imide groups is 1. The van der Waals surface area contributed by atoms with Crippen molar-refractivity contribution in [2.24, 2.45) is 0 Å². The molecule has 0 spiro atoms. The minimum Gasteiger partial charge on any atom is -0.377 e. The summed E-state index contributed by atoms with van der Waals surface area (Å²) in [4.78, 5) is 38.3. The SMILES string of the molecule is CCOCc1ccccc1CNC(=O)CCCN1C(=O)c2ccc(Br)cc2C1=O. The summed E-state index contributed by atoms with van der Waals surface area (Å²) in [5.41, 5.74) is 2.88. The third-order valence-electron chi connectivity index (χ3n) is 4.77. The minimum atomic E-state index is -0.309. The molecule has 6 nitrogen and oxygen atoms in total. The predicted molar refractivity (Wildman–Crippen MR) is 112 cm³/mol. The van der Waals surface area contributed by atoms with Crippen LogP contribution < -0.4 is 5.32 Å². The van der Waals surface area contributed by atoms with Gasteiger partial charge >= 0.3 is 0 Å². The fourth-order valence-electron chi connectivity index (χ4n) is 3.23. The van der Waals surface area contributed by atoms with Crippen LogP contribution in [0.15, 0.2) is 46.9 Å². The third kappa shape index (κ3) is 5.10. The molecule has 0 fully saturated rings. The molecule has 3 rings (SSSR count). The highest BCUT2D eigenvalue weighted by atomic mass is 79.9. The van der Waals surface area contributed by atoms with Crippen LogP contribution in [0.2, 0.25) is 0 Å². The number of amides is 3. The average Bonchev–Trinajstić information content (AvgIpc) is 2.95. The van der Waals surface area contributed by atoms with Crippen molar-refractivity contribution in [3.05, 3.63) is 69.2 Å². The number of benzene rings is 2. The van der Waals surface area contributed by atoms with Gasteiger partial charge in [0.15, 0.2) is 0 Å². The maximum Gasteiger partial charge on any atom is 0.261 e. The van der Waals surface area contributed by atoms with Crippen LogP contribution in [-0.4, -0.2) is 35.8 Å². The van der Waals surface area contributed by atoms with E-state index in [2.05, 4.69) is 21.2 Å². The molecule has 0 radical (unpaired) electrons. The van der Waals surface area contributed by atoms with Crippen molar-refractivity contribution < 1.29 is 19.1 Å². The van der Waals surface area contributed by atoms with E-state index in [4.69, 9.17) is 4.74 Å². The van der Waals surface area contributed by atoms with Gasteiger partial charge in [-0.05, 0) is 42.7 Å². The Labute approximate surface area is 178 Å². The van der Waals surface area contributed by atoms with Crippen molar-refractivity contribution in [3.8, 4) is 0 Å². The molecular weight excluding hydrogens is 436 g/mol. The number of hydrogen-bond acceptors (Lipinski definition) is 4. The maximum absolute atomic E-state index is 12.4. The molecule has 2 aromatic rings. The second kappa shape index (κ2) is 9.80. The summed E-state index contributed by atoms with van der Waals surface area (Å²) < 4.78 is 6.21. The zero-order valence-corrected chi connectivity index (χ0v) is 17.8. The van der Waals surface area contributed by atoms with Gasteiger partial charge in [0.2, 0.25) is 5.91 Å². The predicted octanol–water partition coefficient (Wildman–Crippen LogP) is 3.68. The molecule has 3 amide bonds. The van der Waals surface area contributed by atoms with Gasteiger partial charge in [-0.2, -0.15) is 0 Å². The van der Waals surface area contributed by atoms with Crippen LogP contribution in [0, 0.1) is 0 Å². The van der Waals surface area contributed by atoms with Crippen molar-refractivity contribution in [3.63, 3.8) is 0 Å². The van der Waals surface area contributed by atoms with Crippen LogP contribution in [0.1, 0.15) is 51.6 Å². The zero-order chi connectivity index (χ0) is 20.8. The second-order valence-corrected chi connectivity index (χ2v) is 7.65. The first-order chi connectivity index (χ1) is 14.0. The molecule has 1 aliphatic rings. The van der Waals surface area contributed by atoms with E-state index in [0.29, 0.717) is 37.3 Å². The molecule has 0 atom stereocenters. The molecular formula is C22H23BrN2O4. The monoisotopic (exact) mass is 458 g/mol. The first-order valence-electron chi connectivity index (χ1n) is 9.58. The standard InChI is InChI=1S/C22H23BrN2O4/c1-2-29-14-16-7-4-3-6-15(16)13-24-20(26)8-5-11-25-21(27)18-10-9-17(23)12-19(18)22(25)28/h3-4,6-7,9-10,12H,2,5,8,11,13-14H2,1H3,(H,24,26). The molecule has 1 N–H and O–H groups in total. The summed E-state index contributed by atoms with van der Waals surface area (Å²) in [6, 6.07) is 12.9. The van der Waals surface area contributed by atoms with Crippen LogP contribution in [0.3, 0.4) is 0 Å². The van der Waals surface area contributed by atoms with Crippen molar-refractivity contribution in [2.75, 3.05) is 13.2 Å². The van der Waals surface area contributed by atoms with Crippen LogP contribution in [0.4, 0.5) is 0 Å². The molecule has 0 aromatic heterocycles. The van der Waals surface area contributed by atoms with E-state index < -0.39 is 0 Å². The van der Waals surface area contributed by atoms with Crippen molar-refractivity contribution in [1.29, 1.82) is 0 Å². The van der Waals surface area contributed by atoms with Crippen molar-refractivity contribution in [1.82, 2.24) is 10.2 Å². The Morgan fingerprint density at radius 3 is 2.55 bits per heavy atom. The number of halogens is 1. The van der Waals surface area contributed by atoms with Crippen molar-refractivity contribution in [2.45, 2.75) is 32.9 Å². The Morgan fingerprint density at radius 1 is 1.07 bits per heavy atom. The van der Waals surface area contributed by atoms with Gasteiger partial charge in [-0.1, -0.05) is 40.2 Å². The molecule has 0 unspecified atom stereocenters. The number of carbonyl (C=O) groups excluding carboxylic acids is 3. The molecule has 1 heterocycles. The lowest BCUT2D eigenvalue weighted by Gasteiger charge is -2.14. The summed E-state index contributed by atoms with van der Waals surface area (Å²) in [7, 11) is 0. The minimum absolute atomic E-state index is 0.115. The fraction of sp³-hybridized carbons (Fsp3) is 0.318. The van der Waals surface area contributed by atoms with E-state index in [-0.39, 0.29) is 30.7 Å². The first kappa shape index (κ1) is 21.2. The Bertz CT molecular complexity index is 929. The number of hydrogen-bond donors (Lipinski definition) is 1.